The van der Waals surface area contributed by atoms with Gasteiger partial charge in [-0.15, -0.1) is 13.2 Å². The number of ether oxygens (including phenoxy) is 2. The number of fused-ring (bicyclic) bond motifs is 1. The molecule has 0 aliphatic carbocycles. The van der Waals surface area contributed by atoms with Gasteiger partial charge in [0.2, 0.25) is 11.5 Å². The summed E-state index contributed by atoms with van der Waals surface area (Å²) in [6, 6.07) is 7.38. The van der Waals surface area contributed by atoms with Gasteiger partial charge in [-0.25, -0.2) is 0 Å². The van der Waals surface area contributed by atoms with Crippen LogP contribution in [0.4, 0.5) is 13.2 Å². The molecule has 0 saturated carbocycles. The molecule has 24 heavy (non-hydrogen) atoms. The van der Waals surface area contributed by atoms with Crippen LogP contribution in [0.25, 0.3) is 6.08 Å². The van der Waals surface area contributed by atoms with Crippen LogP contribution in [0.3, 0.4) is 0 Å². The summed E-state index contributed by atoms with van der Waals surface area (Å²) in [5.41, 5.74) is 0.274. The predicted octanol–water partition coefficient (Wildman–Crippen LogP) is 3.61. The first-order valence-corrected chi connectivity index (χ1v) is 6.59. The number of phenolic OH excluding ortho intramolecular Hbond substituents is 2. The third-order valence-electron chi connectivity index (χ3n) is 3.18. The molecule has 0 amide bonds. The zero-order valence-corrected chi connectivity index (χ0v) is 11.8. The van der Waals surface area contributed by atoms with Crippen molar-refractivity contribution in [2.24, 2.45) is 0 Å². The summed E-state index contributed by atoms with van der Waals surface area (Å²) in [6.45, 7) is 0. The maximum Gasteiger partial charge on any atom is 0.573 e. The molecule has 1 aliphatic heterocycles. The Hall–Kier alpha value is -3.16. The van der Waals surface area contributed by atoms with Crippen LogP contribution >= 0.6 is 0 Å². The van der Waals surface area contributed by atoms with Gasteiger partial charge in [0.05, 0.1) is 5.56 Å². The molecule has 0 radical (unpaired) electrons. The third-order valence-corrected chi connectivity index (χ3v) is 3.18. The molecule has 0 aromatic heterocycles. The number of allylic oxidation sites excluding steroid dienone is 1. The minimum atomic E-state index is -4.83. The number of hydrogen-bond donors (Lipinski definition) is 2. The first-order valence-electron chi connectivity index (χ1n) is 6.59. The summed E-state index contributed by atoms with van der Waals surface area (Å²) in [5.74, 6) is -2.45. The maximum absolute atomic E-state index is 12.2. The standard InChI is InChI=1S/C16H9F3O5/c17-16(18,19)24-9-3-1-2-8(6-9)7-12-13(21)10-4-5-11(20)14(22)15(10)23-12/h1-7,20,22H. The second kappa shape index (κ2) is 5.48. The highest BCUT2D eigenvalue weighted by atomic mass is 19.4. The number of carbonyl (C=O) groups excluding carboxylic acids is 1. The molecular weight excluding hydrogens is 329 g/mol. The van der Waals surface area contributed by atoms with Crippen LogP contribution in [0.15, 0.2) is 42.2 Å². The number of carbonyl (C=O) groups is 1. The minimum absolute atomic E-state index is 0.0410. The lowest BCUT2D eigenvalue weighted by molar-refractivity contribution is -0.274. The van der Waals surface area contributed by atoms with Gasteiger partial charge >= 0.3 is 6.36 Å². The Morgan fingerprint density at radius 3 is 2.58 bits per heavy atom. The first kappa shape index (κ1) is 15.7. The molecule has 0 saturated heterocycles. The Bertz CT molecular complexity index is 855. The fourth-order valence-corrected chi connectivity index (χ4v) is 2.18. The summed E-state index contributed by atoms with van der Waals surface area (Å²) in [5, 5.41) is 19.1. The molecule has 5 nitrogen and oxygen atoms in total. The Balaban J connectivity index is 1.92. The number of aromatic hydroxyl groups is 2. The van der Waals surface area contributed by atoms with Crippen LogP contribution in [0, 0.1) is 0 Å². The van der Waals surface area contributed by atoms with Gasteiger partial charge in [-0.3, -0.25) is 4.79 Å². The van der Waals surface area contributed by atoms with E-state index in [1.807, 2.05) is 0 Å². The number of benzene rings is 2. The summed E-state index contributed by atoms with van der Waals surface area (Å²) < 4.78 is 45.7. The van der Waals surface area contributed by atoms with E-state index < -0.39 is 29.4 Å². The Morgan fingerprint density at radius 1 is 1.12 bits per heavy atom. The summed E-state index contributed by atoms with van der Waals surface area (Å²) in [7, 11) is 0. The fraction of sp³-hybridized carbons (Fsp3) is 0.0625. The van der Waals surface area contributed by atoms with Crippen molar-refractivity contribution in [2.75, 3.05) is 0 Å². The normalized spacial score (nSPS) is 15.3. The van der Waals surface area contributed by atoms with Crippen molar-refractivity contribution in [2.45, 2.75) is 6.36 Å². The smallest absolute Gasteiger partial charge is 0.504 e. The number of ketones is 1. The van der Waals surface area contributed by atoms with E-state index in [2.05, 4.69) is 4.74 Å². The van der Waals surface area contributed by atoms with E-state index in [1.54, 1.807) is 0 Å². The van der Waals surface area contributed by atoms with Crippen molar-refractivity contribution in [1.82, 2.24) is 0 Å². The predicted molar refractivity (Wildman–Crippen MR) is 75.8 cm³/mol. The molecular formula is C16H9F3O5. The number of hydrogen-bond acceptors (Lipinski definition) is 5. The minimum Gasteiger partial charge on any atom is -0.504 e. The molecule has 0 bridgehead atoms. The first-order chi connectivity index (χ1) is 11.2. The van der Waals surface area contributed by atoms with Gasteiger partial charge in [-0.05, 0) is 35.9 Å². The van der Waals surface area contributed by atoms with Crippen LogP contribution in [0.2, 0.25) is 0 Å². The average molecular weight is 338 g/mol. The molecule has 1 aliphatic rings. The lowest BCUT2D eigenvalue weighted by atomic mass is 10.1. The number of Topliss-reactive ketones (excluding diaryl/α,β-unsaturated/α-hetero) is 1. The maximum atomic E-state index is 12.2. The van der Waals surface area contributed by atoms with E-state index in [4.69, 9.17) is 4.74 Å². The zero-order valence-electron chi connectivity index (χ0n) is 11.8. The van der Waals surface area contributed by atoms with Gasteiger partial charge in [-0.2, -0.15) is 0 Å². The fourth-order valence-electron chi connectivity index (χ4n) is 2.18. The second-order valence-electron chi connectivity index (χ2n) is 4.87. The van der Waals surface area contributed by atoms with Crippen molar-refractivity contribution in [3.05, 3.63) is 53.3 Å². The van der Waals surface area contributed by atoms with E-state index >= 15 is 0 Å². The highest BCUT2D eigenvalue weighted by Crippen LogP contribution is 2.44. The van der Waals surface area contributed by atoms with Gasteiger partial charge in [0.25, 0.3) is 0 Å². The molecule has 0 atom stereocenters. The quantitative estimate of drug-likeness (QED) is 0.646. The Morgan fingerprint density at radius 2 is 1.88 bits per heavy atom. The van der Waals surface area contributed by atoms with Crippen molar-refractivity contribution in [1.29, 1.82) is 0 Å². The zero-order chi connectivity index (χ0) is 17.5. The topological polar surface area (TPSA) is 76.0 Å². The summed E-state index contributed by atoms with van der Waals surface area (Å²) >= 11 is 0. The SMILES string of the molecule is O=C1C(=Cc2cccc(OC(F)(F)F)c2)Oc2c1ccc(O)c2O. The van der Waals surface area contributed by atoms with Gasteiger partial charge in [0, 0.05) is 0 Å². The average Bonchev–Trinajstić information content (AvgIpc) is 2.79. The van der Waals surface area contributed by atoms with E-state index in [1.165, 1.54) is 24.3 Å². The lowest BCUT2D eigenvalue weighted by Gasteiger charge is -2.09. The summed E-state index contributed by atoms with van der Waals surface area (Å²) in [6.07, 6.45) is -3.62. The number of rotatable bonds is 2. The van der Waals surface area contributed by atoms with Crippen molar-refractivity contribution in [3.8, 4) is 23.0 Å². The second-order valence-corrected chi connectivity index (χ2v) is 4.87. The van der Waals surface area contributed by atoms with Crippen LogP contribution in [0.1, 0.15) is 15.9 Å². The highest BCUT2D eigenvalue weighted by molar-refractivity contribution is 6.15. The van der Waals surface area contributed by atoms with E-state index in [-0.39, 0.29) is 22.6 Å². The number of alkyl halides is 3. The highest BCUT2D eigenvalue weighted by Gasteiger charge is 2.32. The van der Waals surface area contributed by atoms with E-state index in [9.17, 15) is 28.2 Å². The Labute approximate surface area is 133 Å². The van der Waals surface area contributed by atoms with Crippen molar-refractivity contribution >= 4 is 11.9 Å². The largest absolute Gasteiger partial charge is 0.573 e. The molecule has 1 heterocycles. The number of halogens is 3. The molecule has 0 spiro atoms. The molecule has 8 heteroatoms. The van der Waals surface area contributed by atoms with Gasteiger partial charge in [0.15, 0.2) is 17.3 Å². The van der Waals surface area contributed by atoms with Crippen molar-refractivity contribution in [3.63, 3.8) is 0 Å². The van der Waals surface area contributed by atoms with Crippen LogP contribution < -0.4 is 9.47 Å². The molecule has 124 valence electrons. The van der Waals surface area contributed by atoms with E-state index in [0.29, 0.717) is 0 Å². The summed E-state index contributed by atoms with van der Waals surface area (Å²) in [4.78, 5) is 12.2. The molecule has 2 aromatic rings. The van der Waals surface area contributed by atoms with E-state index in [0.717, 1.165) is 18.2 Å². The molecule has 0 fully saturated rings. The van der Waals surface area contributed by atoms with Gasteiger partial charge in [0.1, 0.15) is 5.75 Å². The number of phenols is 2. The monoisotopic (exact) mass is 338 g/mol. The third kappa shape index (κ3) is 2.98. The molecule has 3 rings (SSSR count). The van der Waals surface area contributed by atoms with Gasteiger partial charge in [-0.1, -0.05) is 12.1 Å². The van der Waals surface area contributed by atoms with Crippen LogP contribution in [-0.4, -0.2) is 22.4 Å². The molecule has 2 aromatic carbocycles. The van der Waals surface area contributed by atoms with Crippen LogP contribution in [0.5, 0.6) is 23.0 Å². The lowest BCUT2D eigenvalue weighted by Crippen LogP contribution is -2.17. The van der Waals surface area contributed by atoms with Gasteiger partial charge < -0.3 is 19.7 Å². The molecule has 0 unspecified atom stereocenters. The van der Waals surface area contributed by atoms with Crippen LogP contribution in [-0.2, 0) is 0 Å². The van der Waals surface area contributed by atoms with Crippen molar-refractivity contribution < 1.29 is 37.7 Å². The molecule has 2 N–H and O–H groups in total. The Kier molecular flexibility index (Phi) is 3.59.